The Labute approximate surface area is 130 Å². The second-order valence-electron chi connectivity index (χ2n) is 5.34. The third-order valence-electron chi connectivity index (χ3n) is 3.67. The zero-order valence-corrected chi connectivity index (χ0v) is 12.7. The Bertz CT molecular complexity index is 459. The summed E-state index contributed by atoms with van der Waals surface area (Å²) in [5, 5.41) is 0. The van der Waals surface area contributed by atoms with Gasteiger partial charge < -0.3 is 20.1 Å². The van der Waals surface area contributed by atoms with Gasteiger partial charge in [-0.05, 0) is 50.1 Å². The SMILES string of the molecule is NCCCOC1CCN(C(=O)COc2ccc(F)cc2)CC1. The number of hydrogen-bond acceptors (Lipinski definition) is 4. The highest BCUT2D eigenvalue weighted by atomic mass is 19.1. The summed E-state index contributed by atoms with van der Waals surface area (Å²) >= 11 is 0. The molecule has 0 aromatic heterocycles. The number of rotatable bonds is 7. The molecule has 0 radical (unpaired) electrons. The predicted octanol–water partition coefficient (Wildman–Crippen LogP) is 1.56. The van der Waals surface area contributed by atoms with Gasteiger partial charge in [-0.25, -0.2) is 4.39 Å². The minimum Gasteiger partial charge on any atom is -0.484 e. The summed E-state index contributed by atoms with van der Waals surface area (Å²) in [5.74, 6) is 0.120. The molecule has 0 atom stereocenters. The number of piperidine rings is 1. The highest BCUT2D eigenvalue weighted by Crippen LogP contribution is 2.15. The number of ether oxygens (including phenoxy) is 2. The molecule has 6 heteroatoms. The fraction of sp³-hybridized carbons (Fsp3) is 0.562. The fourth-order valence-electron chi connectivity index (χ4n) is 2.37. The Morgan fingerprint density at radius 3 is 2.59 bits per heavy atom. The first-order valence-electron chi connectivity index (χ1n) is 7.67. The first-order valence-corrected chi connectivity index (χ1v) is 7.67. The van der Waals surface area contributed by atoms with Crippen LogP contribution in [0, 0.1) is 5.82 Å². The number of hydrogen-bond donors (Lipinski definition) is 1. The van der Waals surface area contributed by atoms with E-state index >= 15 is 0 Å². The van der Waals surface area contributed by atoms with Gasteiger partial charge in [0.05, 0.1) is 6.10 Å². The highest BCUT2D eigenvalue weighted by molar-refractivity contribution is 5.77. The largest absolute Gasteiger partial charge is 0.484 e. The van der Waals surface area contributed by atoms with Crippen LogP contribution in [0.15, 0.2) is 24.3 Å². The lowest BCUT2D eigenvalue weighted by molar-refractivity contribution is -0.136. The van der Waals surface area contributed by atoms with Gasteiger partial charge in [-0.1, -0.05) is 0 Å². The normalized spacial score (nSPS) is 15.8. The molecule has 2 N–H and O–H groups in total. The quantitative estimate of drug-likeness (QED) is 0.776. The number of amides is 1. The van der Waals surface area contributed by atoms with Crippen molar-refractivity contribution in [2.75, 3.05) is 32.8 Å². The summed E-state index contributed by atoms with van der Waals surface area (Å²) in [6.07, 6.45) is 2.76. The number of likely N-dealkylation sites (tertiary alicyclic amines) is 1. The maximum atomic E-state index is 12.8. The maximum absolute atomic E-state index is 12.8. The first kappa shape index (κ1) is 16.7. The van der Waals surface area contributed by atoms with E-state index < -0.39 is 0 Å². The van der Waals surface area contributed by atoms with E-state index in [0.717, 1.165) is 19.3 Å². The van der Waals surface area contributed by atoms with Gasteiger partial charge >= 0.3 is 0 Å². The highest BCUT2D eigenvalue weighted by Gasteiger charge is 2.23. The van der Waals surface area contributed by atoms with Crippen LogP contribution in [-0.4, -0.2) is 49.8 Å². The molecule has 1 aliphatic rings. The topological polar surface area (TPSA) is 64.8 Å². The minimum atomic E-state index is -0.324. The second kappa shape index (κ2) is 8.70. The minimum absolute atomic E-state index is 0.0235. The van der Waals surface area contributed by atoms with Crippen LogP contribution in [0.1, 0.15) is 19.3 Å². The maximum Gasteiger partial charge on any atom is 0.260 e. The van der Waals surface area contributed by atoms with Crippen LogP contribution < -0.4 is 10.5 Å². The third-order valence-corrected chi connectivity index (χ3v) is 3.67. The zero-order valence-electron chi connectivity index (χ0n) is 12.7. The van der Waals surface area contributed by atoms with Gasteiger partial charge in [0.1, 0.15) is 11.6 Å². The molecule has 1 amide bonds. The van der Waals surface area contributed by atoms with Crippen molar-refractivity contribution in [2.45, 2.75) is 25.4 Å². The van der Waals surface area contributed by atoms with E-state index in [-0.39, 0.29) is 24.4 Å². The monoisotopic (exact) mass is 310 g/mol. The molecule has 1 fully saturated rings. The van der Waals surface area contributed by atoms with Gasteiger partial charge in [0.25, 0.3) is 5.91 Å². The standard InChI is InChI=1S/C16H23FN2O3/c17-13-2-4-14(5-3-13)22-12-16(20)19-9-6-15(7-10-19)21-11-1-8-18/h2-5,15H,1,6-12,18H2. The van der Waals surface area contributed by atoms with Crippen LogP contribution in [0.5, 0.6) is 5.75 Å². The molecular weight excluding hydrogens is 287 g/mol. The summed E-state index contributed by atoms with van der Waals surface area (Å²) in [6, 6.07) is 5.65. The first-order chi connectivity index (χ1) is 10.7. The molecule has 2 rings (SSSR count). The van der Waals surface area contributed by atoms with Crippen molar-refractivity contribution in [1.82, 2.24) is 4.90 Å². The average molecular weight is 310 g/mol. The van der Waals surface area contributed by atoms with Crippen molar-refractivity contribution in [3.8, 4) is 5.75 Å². The van der Waals surface area contributed by atoms with Crippen LogP contribution in [0.2, 0.25) is 0 Å². The number of carbonyl (C=O) groups is 1. The molecule has 1 aromatic rings. The van der Waals surface area contributed by atoms with E-state index in [1.165, 1.54) is 24.3 Å². The van der Waals surface area contributed by atoms with Crippen LogP contribution in [-0.2, 0) is 9.53 Å². The van der Waals surface area contributed by atoms with E-state index in [0.29, 0.717) is 32.0 Å². The van der Waals surface area contributed by atoms with Gasteiger partial charge in [0.15, 0.2) is 6.61 Å². The van der Waals surface area contributed by atoms with Gasteiger partial charge in [-0.15, -0.1) is 0 Å². The molecule has 0 saturated carbocycles. The number of benzene rings is 1. The van der Waals surface area contributed by atoms with Crippen molar-refractivity contribution < 1.29 is 18.7 Å². The van der Waals surface area contributed by atoms with Crippen LogP contribution in [0.3, 0.4) is 0 Å². The van der Waals surface area contributed by atoms with Crippen LogP contribution in [0.4, 0.5) is 4.39 Å². The molecule has 1 aromatic carbocycles. The summed E-state index contributed by atoms with van der Waals surface area (Å²) in [5.41, 5.74) is 5.43. The van der Waals surface area contributed by atoms with Gasteiger partial charge in [-0.3, -0.25) is 4.79 Å². The lowest BCUT2D eigenvalue weighted by Gasteiger charge is -2.31. The van der Waals surface area contributed by atoms with Crippen LogP contribution in [0.25, 0.3) is 0 Å². The lowest BCUT2D eigenvalue weighted by atomic mass is 10.1. The fourth-order valence-corrected chi connectivity index (χ4v) is 2.37. The number of nitrogens with two attached hydrogens (primary N) is 1. The molecule has 0 unspecified atom stereocenters. The molecular formula is C16H23FN2O3. The molecule has 1 aliphatic heterocycles. The van der Waals surface area contributed by atoms with Crippen LogP contribution >= 0.6 is 0 Å². The Hall–Kier alpha value is -1.66. The van der Waals surface area contributed by atoms with E-state index in [9.17, 15) is 9.18 Å². The summed E-state index contributed by atoms with van der Waals surface area (Å²) in [4.78, 5) is 13.9. The third kappa shape index (κ3) is 5.27. The Kier molecular flexibility index (Phi) is 6.61. The molecule has 5 nitrogen and oxygen atoms in total. The summed E-state index contributed by atoms with van der Waals surface area (Å²) < 4.78 is 23.9. The molecule has 0 bridgehead atoms. The number of nitrogens with zero attached hydrogens (tertiary/aromatic N) is 1. The Morgan fingerprint density at radius 2 is 1.95 bits per heavy atom. The van der Waals surface area contributed by atoms with Gasteiger partial charge in [-0.2, -0.15) is 0 Å². The molecule has 1 saturated heterocycles. The smallest absolute Gasteiger partial charge is 0.260 e. The molecule has 0 aliphatic carbocycles. The average Bonchev–Trinajstić information content (AvgIpc) is 2.55. The van der Waals surface area contributed by atoms with Crippen molar-refractivity contribution >= 4 is 5.91 Å². The van der Waals surface area contributed by atoms with Gasteiger partial charge in [0, 0.05) is 19.7 Å². The molecule has 0 spiro atoms. The second-order valence-corrected chi connectivity index (χ2v) is 5.34. The van der Waals surface area contributed by atoms with Crippen molar-refractivity contribution in [3.63, 3.8) is 0 Å². The van der Waals surface area contributed by atoms with E-state index in [2.05, 4.69) is 0 Å². The molecule has 1 heterocycles. The molecule has 22 heavy (non-hydrogen) atoms. The Balaban J connectivity index is 1.67. The van der Waals surface area contributed by atoms with Gasteiger partial charge in [0.2, 0.25) is 0 Å². The van der Waals surface area contributed by atoms with E-state index in [1.54, 1.807) is 4.90 Å². The summed E-state index contributed by atoms with van der Waals surface area (Å²) in [7, 11) is 0. The van der Waals surface area contributed by atoms with Crippen molar-refractivity contribution in [3.05, 3.63) is 30.1 Å². The number of carbonyl (C=O) groups excluding carboxylic acids is 1. The van der Waals surface area contributed by atoms with Crippen molar-refractivity contribution in [1.29, 1.82) is 0 Å². The zero-order chi connectivity index (χ0) is 15.8. The lowest BCUT2D eigenvalue weighted by Crippen LogP contribution is -2.43. The van der Waals surface area contributed by atoms with Crippen molar-refractivity contribution in [2.24, 2.45) is 5.73 Å². The summed E-state index contributed by atoms with van der Waals surface area (Å²) in [6.45, 7) is 2.66. The predicted molar refractivity (Wildman–Crippen MR) is 81.1 cm³/mol. The molecule has 122 valence electrons. The van der Waals surface area contributed by atoms with E-state index in [1.807, 2.05) is 0 Å². The Morgan fingerprint density at radius 1 is 1.27 bits per heavy atom. The number of halogens is 1. The van der Waals surface area contributed by atoms with E-state index in [4.69, 9.17) is 15.2 Å².